The Labute approximate surface area is 288 Å². The van der Waals surface area contributed by atoms with Crippen molar-refractivity contribution in [1.29, 1.82) is 0 Å². The standard InChI is InChI=1S/C12H16N2O2S.C8H9NO2.B17/c1-8-5-6-9(11(15)16)7-10(8)13-14-17-12(2,3)4;1-5-2-3-6(8(10)11)4-7(5)9;1-10-15(11(2)3)17(14(8)9)16(12(4)5)13(6)7/h5-7H,1-4H3,(H,15,16);2-4H,9H2,1H3,(H,10,11);. The fourth-order valence-electron chi connectivity index (χ4n) is 3.86. The summed E-state index contributed by atoms with van der Waals surface area (Å²) in [5.74, 6) is -1.90. The van der Waals surface area contributed by atoms with E-state index >= 15 is 0 Å². The Morgan fingerprint density at radius 2 is 1.22 bits per heavy atom. The number of aryl methyl sites for hydroxylation is 2. The third kappa shape index (κ3) is 16.1. The van der Waals surface area contributed by atoms with Crippen LogP contribution in [0.3, 0.4) is 0 Å². The van der Waals surface area contributed by atoms with Gasteiger partial charge in [0.25, 0.3) is 0 Å². The third-order valence-corrected chi connectivity index (χ3v) is 7.05. The van der Waals surface area contributed by atoms with Gasteiger partial charge in [0.2, 0.25) is 0 Å². The van der Waals surface area contributed by atoms with Crippen LogP contribution in [0.2, 0.25) is 0 Å². The Kier molecular flexibility index (Phi) is 19.7. The minimum atomic E-state index is -0.954. The van der Waals surface area contributed by atoms with Crippen molar-refractivity contribution in [2.45, 2.75) is 39.4 Å². The van der Waals surface area contributed by atoms with Gasteiger partial charge in [-0.05, 0) is 70.0 Å². The van der Waals surface area contributed by atoms with E-state index in [0.29, 0.717) is 11.4 Å². The van der Waals surface area contributed by atoms with Crippen LogP contribution in [0.4, 0.5) is 11.4 Å². The van der Waals surface area contributed by atoms with Crippen LogP contribution >= 0.6 is 11.9 Å². The molecule has 0 fully saturated rings. The minimum absolute atomic E-state index is 0.00180. The highest BCUT2D eigenvalue weighted by Gasteiger charge is 2.39. The molecule has 0 spiro atoms. The molecule has 0 saturated heterocycles. The highest BCUT2D eigenvalue weighted by Crippen LogP contribution is 2.28. The summed E-state index contributed by atoms with van der Waals surface area (Å²) >= 11 is 1.36. The number of carboxylic acid groups (broad SMARTS) is 2. The molecule has 25 heteroatoms. The van der Waals surface area contributed by atoms with Gasteiger partial charge in [-0.3, -0.25) is 0 Å². The van der Waals surface area contributed by atoms with Gasteiger partial charge in [-0.2, -0.15) is 0 Å². The first-order valence-electron chi connectivity index (χ1n) is 13.8. The number of anilines is 1. The molecule has 0 heterocycles. The number of hydrogen-bond donors (Lipinski definition) is 3. The molecule has 4 N–H and O–H groups in total. The van der Waals surface area contributed by atoms with E-state index in [2.05, 4.69) is 9.63 Å². The molecule has 2 aromatic rings. The lowest BCUT2D eigenvalue weighted by Crippen LogP contribution is -2.76. The molecule has 0 aromatic heterocycles. The van der Waals surface area contributed by atoms with E-state index in [1.54, 1.807) is 18.2 Å². The Bertz CT molecular complexity index is 1260. The number of nitrogen functional groups attached to an aromatic ring is 1. The fourth-order valence-corrected chi connectivity index (χ4v) is 4.24. The summed E-state index contributed by atoms with van der Waals surface area (Å²) in [6, 6.07) is 9.52. The number of nitrogens with two attached hydrogens (primary N) is 1. The second-order valence-electron chi connectivity index (χ2n) is 11.3. The lowest BCUT2D eigenvalue weighted by atomic mass is 8.43. The molecule has 0 aliphatic rings. The second kappa shape index (κ2) is 20.5. The van der Waals surface area contributed by atoms with Crippen molar-refractivity contribution < 1.29 is 19.8 Å². The lowest BCUT2D eigenvalue weighted by molar-refractivity contribution is 0.0686. The molecule has 0 atom stereocenters. The monoisotopic (exact) mass is 590 g/mol. The molecule has 19 radical (unpaired) electrons. The molecule has 7 nitrogen and oxygen atoms in total. The predicted molar refractivity (Wildman–Crippen MR) is 210 cm³/mol. The van der Waals surface area contributed by atoms with Gasteiger partial charge in [0.1, 0.15) is 0 Å². The van der Waals surface area contributed by atoms with Gasteiger partial charge in [0.05, 0.1) is 16.8 Å². The fraction of sp³-hybridized carbons (Fsp3) is 0.300. The largest absolute Gasteiger partial charge is 0.478 e. The van der Waals surface area contributed by atoms with E-state index in [1.807, 2.05) is 34.6 Å². The molecule has 0 saturated carbocycles. The number of carboxylic acids is 2. The van der Waals surface area contributed by atoms with Crippen molar-refractivity contribution in [2.75, 3.05) is 5.73 Å². The summed E-state index contributed by atoms with van der Waals surface area (Å²) < 4.78 is 4.02. The van der Waals surface area contributed by atoms with Crippen LogP contribution in [0.5, 0.6) is 0 Å². The number of nitrogens with zero attached hydrogens (tertiary/aromatic N) is 2. The number of hydrogen-bond acceptors (Lipinski definition) is 6. The predicted octanol–water partition coefficient (Wildman–Crippen LogP) is -0.975. The topological polar surface area (TPSA) is 125 Å². The number of benzene rings is 2. The summed E-state index contributed by atoms with van der Waals surface area (Å²) in [6.07, 6.45) is -4.66. The molecule has 201 valence electrons. The summed E-state index contributed by atoms with van der Waals surface area (Å²) in [6.45, 7) is 9.83. The Balaban J connectivity index is 0.000000661. The summed E-state index contributed by atoms with van der Waals surface area (Å²) in [7, 11) is 52.0. The molecule has 0 amide bonds. The summed E-state index contributed by atoms with van der Waals surface area (Å²) in [5, 5.41) is 21.5. The third-order valence-electron chi connectivity index (χ3n) is 6.33. The first-order chi connectivity index (χ1) is 20.6. The molecule has 0 aliphatic heterocycles. The van der Waals surface area contributed by atoms with Crippen LogP contribution in [-0.2, 0) is 0 Å². The molecular formula is C20H25B17N3O4S. The maximum atomic E-state index is 10.8. The first-order valence-corrected chi connectivity index (χ1v) is 14.5. The first kappa shape index (κ1) is 43.2. The Hall–Kier alpha value is -1.77. The van der Waals surface area contributed by atoms with Gasteiger partial charge in [0, 0.05) is 144 Å². The van der Waals surface area contributed by atoms with Gasteiger partial charge in [0.15, 0.2) is 0 Å². The quantitative estimate of drug-likeness (QED) is 0.135. The molecule has 45 heavy (non-hydrogen) atoms. The van der Waals surface area contributed by atoms with Crippen molar-refractivity contribution >= 4 is 157 Å². The van der Waals surface area contributed by atoms with E-state index in [9.17, 15) is 9.59 Å². The van der Waals surface area contributed by atoms with Crippen LogP contribution in [0, 0.1) is 13.8 Å². The molecule has 0 unspecified atom stereocenters. The molecular weight excluding hydrogens is 562 g/mol. The summed E-state index contributed by atoms with van der Waals surface area (Å²) in [4.78, 5) is 21.2. The number of carbonyl (C=O) groups is 2. The molecule has 0 bridgehead atoms. The average molecular weight is 587 g/mol. The van der Waals surface area contributed by atoms with Gasteiger partial charge in [-0.1, -0.05) is 12.1 Å². The highest BCUT2D eigenvalue weighted by atomic mass is 32.2. The van der Waals surface area contributed by atoms with E-state index in [0.717, 1.165) is 11.1 Å². The minimum Gasteiger partial charge on any atom is -0.478 e. The van der Waals surface area contributed by atoms with Crippen molar-refractivity contribution in [1.82, 2.24) is 0 Å². The van der Waals surface area contributed by atoms with Gasteiger partial charge in [-0.25, -0.2) is 9.59 Å². The zero-order valence-electron chi connectivity index (χ0n) is 26.4. The maximum absolute atomic E-state index is 10.8. The van der Waals surface area contributed by atoms with Gasteiger partial charge >= 0.3 is 11.9 Å². The zero-order chi connectivity index (χ0) is 35.2. The normalized spacial score (nSPS) is 10.2. The van der Waals surface area contributed by atoms with E-state index < -0.39 is 56.6 Å². The lowest BCUT2D eigenvalue weighted by Gasteiger charge is -2.38. The average Bonchev–Trinajstić information content (AvgIpc) is 2.90. The Morgan fingerprint density at radius 1 is 0.778 bits per heavy atom. The van der Waals surface area contributed by atoms with Crippen molar-refractivity contribution in [3.05, 3.63) is 58.7 Å². The van der Waals surface area contributed by atoms with E-state index in [4.69, 9.17) is 85.6 Å². The van der Waals surface area contributed by atoms with Crippen molar-refractivity contribution in [2.24, 2.45) is 9.63 Å². The number of rotatable bonds is 11. The highest BCUT2D eigenvalue weighted by molar-refractivity contribution is 8.15. The Morgan fingerprint density at radius 3 is 1.58 bits per heavy atom. The summed E-state index contributed by atoms with van der Waals surface area (Å²) in [5.41, 5.74) is 8.88. The SMILES string of the molecule is Cc1ccc(C(=O)O)cc1N.Cc1ccc(C(=O)O)cc1N=NSC(C)(C)C.[B][B]B(B([B])[B])B(B([B])[B])B(B([B])[B])B([B])[B]. The molecule has 2 aromatic carbocycles. The van der Waals surface area contributed by atoms with Crippen LogP contribution in [0.25, 0.3) is 0 Å². The van der Waals surface area contributed by atoms with Crippen molar-refractivity contribution in [3.63, 3.8) is 0 Å². The number of aromatic carboxylic acids is 2. The van der Waals surface area contributed by atoms with Crippen LogP contribution < -0.4 is 5.73 Å². The molecule has 0 aliphatic carbocycles. The van der Waals surface area contributed by atoms with Crippen LogP contribution in [0.1, 0.15) is 52.6 Å². The van der Waals surface area contributed by atoms with Gasteiger partial charge < -0.3 is 15.9 Å². The maximum Gasteiger partial charge on any atom is 0.335 e. The smallest absolute Gasteiger partial charge is 0.335 e. The van der Waals surface area contributed by atoms with Crippen molar-refractivity contribution in [3.8, 4) is 0 Å². The van der Waals surface area contributed by atoms with Crippen LogP contribution in [0.15, 0.2) is 46.0 Å². The van der Waals surface area contributed by atoms with E-state index in [-0.39, 0.29) is 15.9 Å². The zero-order valence-corrected chi connectivity index (χ0v) is 27.2. The van der Waals surface area contributed by atoms with E-state index in [1.165, 1.54) is 37.2 Å². The van der Waals surface area contributed by atoms with Gasteiger partial charge in [-0.15, -0.1) is 9.63 Å². The van der Waals surface area contributed by atoms with Crippen LogP contribution in [-0.4, -0.2) is 148 Å². The molecule has 2 rings (SSSR count). The second-order valence-corrected chi connectivity index (χ2v) is 12.9.